The molecule has 4 heteroatoms. The van der Waals surface area contributed by atoms with E-state index in [4.69, 9.17) is 11.6 Å². The second kappa shape index (κ2) is 3.42. The van der Waals surface area contributed by atoms with E-state index in [0.29, 0.717) is 5.82 Å². The van der Waals surface area contributed by atoms with Crippen LogP contribution in [0.25, 0.3) is 11.4 Å². The molecule has 14 heavy (non-hydrogen) atoms. The summed E-state index contributed by atoms with van der Waals surface area (Å²) in [4.78, 5) is 4.23. The summed E-state index contributed by atoms with van der Waals surface area (Å²) in [7, 11) is 0. The third kappa shape index (κ3) is 1.63. The molecule has 1 aromatic heterocycles. The van der Waals surface area contributed by atoms with Crippen LogP contribution >= 0.6 is 11.6 Å². The molecule has 0 saturated heterocycles. The number of hydrogen-bond acceptors (Lipinski definition) is 2. The molecule has 1 aromatic carbocycles. The topological polar surface area (TPSA) is 41.6 Å². The Morgan fingerprint density at radius 2 is 2.07 bits per heavy atom. The molecule has 0 bridgehead atoms. The van der Waals surface area contributed by atoms with Gasteiger partial charge in [0.15, 0.2) is 5.82 Å². The van der Waals surface area contributed by atoms with Crippen molar-refractivity contribution >= 4 is 11.6 Å². The minimum Gasteiger partial charge on any atom is -0.263 e. The molecule has 0 unspecified atom stereocenters. The molecule has 0 spiro atoms. The first kappa shape index (κ1) is 9.21. The Hall–Kier alpha value is -1.35. The van der Waals surface area contributed by atoms with Crippen molar-refractivity contribution in [1.82, 2.24) is 15.2 Å². The lowest BCUT2D eigenvalue weighted by Crippen LogP contribution is -1.82. The van der Waals surface area contributed by atoms with E-state index >= 15 is 0 Å². The van der Waals surface area contributed by atoms with Crippen molar-refractivity contribution in [2.75, 3.05) is 0 Å². The van der Waals surface area contributed by atoms with Crippen LogP contribution < -0.4 is 0 Å². The Labute approximate surface area is 87.1 Å². The van der Waals surface area contributed by atoms with Gasteiger partial charge in [-0.15, -0.1) is 0 Å². The summed E-state index contributed by atoms with van der Waals surface area (Å²) in [6.45, 7) is 3.83. The fraction of sp³-hybridized carbons (Fsp3) is 0.200. The number of aromatic amines is 1. The number of aryl methyl sites for hydroxylation is 2. The fourth-order valence-corrected chi connectivity index (χ4v) is 1.38. The number of nitrogens with zero attached hydrogens (tertiary/aromatic N) is 2. The average molecular weight is 208 g/mol. The van der Waals surface area contributed by atoms with Gasteiger partial charge in [-0.05, 0) is 25.5 Å². The first-order valence-electron chi connectivity index (χ1n) is 4.32. The average Bonchev–Trinajstić information content (AvgIpc) is 2.57. The fourth-order valence-electron chi connectivity index (χ4n) is 1.20. The van der Waals surface area contributed by atoms with Crippen molar-refractivity contribution in [2.45, 2.75) is 13.8 Å². The molecule has 0 amide bonds. The van der Waals surface area contributed by atoms with Gasteiger partial charge in [-0.3, -0.25) is 5.10 Å². The van der Waals surface area contributed by atoms with Crippen LogP contribution in [-0.2, 0) is 0 Å². The maximum absolute atomic E-state index is 6.00. The van der Waals surface area contributed by atoms with Gasteiger partial charge in [0.05, 0.1) is 0 Å². The zero-order chi connectivity index (χ0) is 10.1. The summed E-state index contributed by atoms with van der Waals surface area (Å²) in [5, 5.41) is 7.60. The molecule has 2 rings (SSSR count). The Bertz CT molecular complexity index is 462. The summed E-state index contributed by atoms with van der Waals surface area (Å²) >= 11 is 6.00. The van der Waals surface area contributed by atoms with Crippen LogP contribution in [0.4, 0.5) is 0 Å². The second-order valence-electron chi connectivity index (χ2n) is 3.21. The number of H-pyrrole nitrogens is 1. The Kier molecular flexibility index (Phi) is 2.25. The molecule has 0 radical (unpaired) electrons. The monoisotopic (exact) mass is 207 g/mol. The van der Waals surface area contributed by atoms with Gasteiger partial charge in [0.2, 0.25) is 0 Å². The zero-order valence-electron chi connectivity index (χ0n) is 8.00. The van der Waals surface area contributed by atoms with Gasteiger partial charge in [0.1, 0.15) is 5.82 Å². The van der Waals surface area contributed by atoms with E-state index in [1.807, 2.05) is 32.0 Å². The van der Waals surface area contributed by atoms with E-state index in [1.165, 1.54) is 0 Å². The van der Waals surface area contributed by atoms with Crippen molar-refractivity contribution < 1.29 is 0 Å². The lowest BCUT2D eigenvalue weighted by Gasteiger charge is -1.99. The number of aromatic nitrogens is 3. The third-order valence-corrected chi connectivity index (χ3v) is 2.43. The first-order valence-corrected chi connectivity index (χ1v) is 4.70. The van der Waals surface area contributed by atoms with Crippen LogP contribution in [0.1, 0.15) is 11.4 Å². The third-order valence-electron chi connectivity index (χ3n) is 2.03. The first-order chi connectivity index (χ1) is 6.66. The standard InChI is InChI=1S/C10H10ClN3/c1-6-3-4-8(5-9(6)11)10-12-7(2)13-14-10/h3-5H,1-2H3,(H,12,13,14). The van der Waals surface area contributed by atoms with E-state index < -0.39 is 0 Å². The van der Waals surface area contributed by atoms with Crippen LogP contribution in [0.2, 0.25) is 5.02 Å². The highest BCUT2D eigenvalue weighted by atomic mass is 35.5. The second-order valence-corrected chi connectivity index (χ2v) is 3.62. The Morgan fingerprint density at radius 1 is 1.29 bits per heavy atom. The molecule has 1 heterocycles. The van der Waals surface area contributed by atoms with Crippen molar-refractivity contribution in [3.63, 3.8) is 0 Å². The summed E-state index contributed by atoms with van der Waals surface area (Å²) in [6, 6.07) is 5.80. The summed E-state index contributed by atoms with van der Waals surface area (Å²) in [5.74, 6) is 1.49. The van der Waals surface area contributed by atoms with E-state index in [1.54, 1.807) is 0 Å². The van der Waals surface area contributed by atoms with Crippen LogP contribution in [0, 0.1) is 13.8 Å². The van der Waals surface area contributed by atoms with E-state index in [9.17, 15) is 0 Å². The van der Waals surface area contributed by atoms with Gasteiger partial charge in [0.25, 0.3) is 0 Å². The maximum atomic E-state index is 6.00. The molecule has 0 aliphatic heterocycles. The van der Waals surface area contributed by atoms with E-state index in [-0.39, 0.29) is 0 Å². The molecular weight excluding hydrogens is 198 g/mol. The summed E-state index contributed by atoms with van der Waals surface area (Å²) in [5.41, 5.74) is 1.99. The quantitative estimate of drug-likeness (QED) is 0.781. The van der Waals surface area contributed by atoms with Gasteiger partial charge < -0.3 is 0 Å². The van der Waals surface area contributed by atoms with Crippen LogP contribution in [0.15, 0.2) is 18.2 Å². The highest BCUT2D eigenvalue weighted by molar-refractivity contribution is 6.31. The number of halogens is 1. The molecule has 1 N–H and O–H groups in total. The van der Waals surface area contributed by atoms with Crippen LogP contribution in [-0.4, -0.2) is 15.2 Å². The van der Waals surface area contributed by atoms with E-state index in [2.05, 4.69) is 15.2 Å². The van der Waals surface area contributed by atoms with Crippen molar-refractivity contribution in [3.8, 4) is 11.4 Å². The summed E-state index contributed by atoms with van der Waals surface area (Å²) in [6.07, 6.45) is 0. The highest BCUT2D eigenvalue weighted by Gasteiger charge is 2.04. The molecule has 72 valence electrons. The number of benzene rings is 1. The van der Waals surface area contributed by atoms with Gasteiger partial charge in [-0.25, -0.2) is 4.98 Å². The highest BCUT2D eigenvalue weighted by Crippen LogP contribution is 2.22. The van der Waals surface area contributed by atoms with Gasteiger partial charge in [-0.2, -0.15) is 5.10 Å². The Morgan fingerprint density at radius 3 is 2.64 bits per heavy atom. The maximum Gasteiger partial charge on any atom is 0.181 e. The zero-order valence-corrected chi connectivity index (χ0v) is 8.76. The van der Waals surface area contributed by atoms with Gasteiger partial charge >= 0.3 is 0 Å². The molecule has 0 aliphatic rings. The molecule has 0 saturated carbocycles. The molecule has 0 aliphatic carbocycles. The predicted octanol–water partition coefficient (Wildman–Crippen LogP) is 2.74. The molecular formula is C10H10ClN3. The summed E-state index contributed by atoms with van der Waals surface area (Å²) < 4.78 is 0. The normalized spacial score (nSPS) is 10.5. The Balaban J connectivity index is 2.47. The lowest BCUT2D eigenvalue weighted by atomic mass is 10.1. The number of hydrogen-bond donors (Lipinski definition) is 1. The molecule has 2 aromatic rings. The van der Waals surface area contributed by atoms with Crippen molar-refractivity contribution in [1.29, 1.82) is 0 Å². The SMILES string of the molecule is Cc1nc(-c2ccc(C)c(Cl)c2)n[nH]1. The van der Waals surface area contributed by atoms with Crippen molar-refractivity contribution in [3.05, 3.63) is 34.6 Å². The van der Waals surface area contributed by atoms with Crippen LogP contribution in [0.5, 0.6) is 0 Å². The number of rotatable bonds is 1. The van der Waals surface area contributed by atoms with Gasteiger partial charge in [0, 0.05) is 10.6 Å². The molecule has 3 nitrogen and oxygen atoms in total. The minimum absolute atomic E-state index is 0.685. The number of nitrogens with one attached hydrogen (secondary N) is 1. The predicted molar refractivity (Wildman–Crippen MR) is 56.3 cm³/mol. The van der Waals surface area contributed by atoms with Crippen molar-refractivity contribution in [2.24, 2.45) is 0 Å². The van der Waals surface area contributed by atoms with Gasteiger partial charge in [-0.1, -0.05) is 23.7 Å². The van der Waals surface area contributed by atoms with E-state index in [0.717, 1.165) is 22.0 Å². The molecule has 0 atom stereocenters. The van der Waals surface area contributed by atoms with Crippen LogP contribution in [0.3, 0.4) is 0 Å². The largest absolute Gasteiger partial charge is 0.263 e. The molecule has 0 fully saturated rings. The smallest absolute Gasteiger partial charge is 0.181 e. The lowest BCUT2D eigenvalue weighted by molar-refractivity contribution is 1.04. The minimum atomic E-state index is 0.685.